The van der Waals surface area contributed by atoms with Crippen LogP contribution < -0.4 is 5.32 Å². The maximum atomic E-state index is 11.5. The van der Waals surface area contributed by atoms with Gasteiger partial charge in [-0.25, -0.2) is 0 Å². The Morgan fingerprint density at radius 2 is 1.88 bits per heavy atom. The quantitative estimate of drug-likeness (QED) is 0.537. The van der Waals surface area contributed by atoms with Crippen LogP contribution in [0.5, 0.6) is 0 Å². The molecule has 6 heteroatoms. The summed E-state index contributed by atoms with van der Waals surface area (Å²) in [6, 6.07) is -0.0815. The molecule has 0 saturated heterocycles. The Bertz CT molecular complexity index is 244. The van der Waals surface area contributed by atoms with Gasteiger partial charge in [0.15, 0.2) is 0 Å². The van der Waals surface area contributed by atoms with Gasteiger partial charge in [0.2, 0.25) is 5.91 Å². The molecule has 0 saturated carbocycles. The van der Waals surface area contributed by atoms with Crippen molar-refractivity contribution in [2.75, 3.05) is 12.9 Å². The van der Waals surface area contributed by atoms with Crippen LogP contribution in [-0.2, 0) is 9.59 Å². The number of carboxylic acid groups (broad SMARTS) is 1. The van der Waals surface area contributed by atoms with Gasteiger partial charge >= 0.3 is 5.97 Å². The van der Waals surface area contributed by atoms with Crippen molar-refractivity contribution in [1.29, 1.82) is 0 Å². The number of nitrogens with one attached hydrogen (secondary N) is 1. The maximum absolute atomic E-state index is 11.5. The first-order valence-corrected chi connectivity index (χ1v) is 6.94. The molecule has 0 aromatic rings. The summed E-state index contributed by atoms with van der Waals surface area (Å²) in [6.07, 6.45) is 3.42. The monoisotopic (exact) mass is 263 g/mol. The van der Waals surface area contributed by atoms with Crippen molar-refractivity contribution in [2.45, 2.75) is 43.9 Å². The molecule has 0 aliphatic rings. The highest BCUT2D eigenvalue weighted by Gasteiger charge is 2.16. The van der Waals surface area contributed by atoms with Gasteiger partial charge in [-0.3, -0.25) is 9.59 Å². The molecule has 0 fully saturated rings. The SMILES string of the molecule is CSC(CO)C(C)NC(=O)CCCCC(=O)O. The predicted octanol–water partition coefficient (Wildman–Crippen LogP) is 0.860. The molecular weight excluding hydrogens is 242 g/mol. The Labute approximate surface area is 106 Å². The predicted molar refractivity (Wildman–Crippen MR) is 68.1 cm³/mol. The number of aliphatic hydroxyl groups is 1. The van der Waals surface area contributed by atoms with Crippen molar-refractivity contribution < 1.29 is 19.8 Å². The largest absolute Gasteiger partial charge is 0.481 e. The first-order chi connectivity index (χ1) is 8.01. The summed E-state index contributed by atoms with van der Waals surface area (Å²) < 4.78 is 0. The Kier molecular flexibility index (Phi) is 8.89. The summed E-state index contributed by atoms with van der Waals surface area (Å²) >= 11 is 1.51. The highest BCUT2D eigenvalue weighted by Crippen LogP contribution is 2.10. The zero-order chi connectivity index (χ0) is 13.3. The normalized spacial score (nSPS) is 14.1. The van der Waals surface area contributed by atoms with Gasteiger partial charge in [0.25, 0.3) is 0 Å². The smallest absolute Gasteiger partial charge is 0.303 e. The summed E-state index contributed by atoms with van der Waals surface area (Å²) in [4.78, 5) is 21.7. The molecule has 5 nitrogen and oxygen atoms in total. The fourth-order valence-electron chi connectivity index (χ4n) is 1.42. The lowest BCUT2D eigenvalue weighted by Gasteiger charge is -2.21. The summed E-state index contributed by atoms with van der Waals surface area (Å²) in [5.74, 6) is -0.920. The van der Waals surface area contributed by atoms with E-state index in [-0.39, 0.29) is 30.2 Å². The van der Waals surface area contributed by atoms with E-state index in [4.69, 9.17) is 10.2 Å². The average Bonchev–Trinajstić information content (AvgIpc) is 2.25. The van der Waals surface area contributed by atoms with E-state index in [1.165, 1.54) is 11.8 Å². The van der Waals surface area contributed by atoms with Gasteiger partial charge in [-0.1, -0.05) is 0 Å². The van der Waals surface area contributed by atoms with Crippen LogP contribution in [0.25, 0.3) is 0 Å². The molecule has 0 aliphatic heterocycles. The van der Waals surface area contributed by atoms with Gasteiger partial charge in [0.1, 0.15) is 0 Å². The van der Waals surface area contributed by atoms with E-state index >= 15 is 0 Å². The molecule has 0 rings (SSSR count). The maximum Gasteiger partial charge on any atom is 0.303 e. The molecule has 3 N–H and O–H groups in total. The second kappa shape index (κ2) is 9.30. The second-order valence-electron chi connectivity index (χ2n) is 3.91. The van der Waals surface area contributed by atoms with E-state index in [1.807, 2.05) is 13.2 Å². The molecule has 2 unspecified atom stereocenters. The molecule has 2 atom stereocenters. The fourth-order valence-corrected chi connectivity index (χ4v) is 2.04. The number of unbranched alkanes of at least 4 members (excludes halogenated alkanes) is 1. The molecule has 0 heterocycles. The Hall–Kier alpha value is -0.750. The Balaban J connectivity index is 3.74. The lowest BCUT2D eigenvalue weighted by atomic mass is 10.1. The van der Waals surface area contributed by atoms with Gasteiger partial charge in [-0.2, -0.15) is 11.8 Å². The third-order valence-corrected chi connectivity index (χ3v) is 3.64. The van der Waals surface area contributed by atoms with Crippen molar-refractivity contribution in [3.8, 4) is 0 Å². The molecule has 0 radical (unpaired) electrons. The van der Waals surface area contributed by atoms with Crippen LogP contribution >= 0.6 is 11.8 Å². The number of rotatable bonds is 9. The summed E-state index contributed by atoms with van der Waals surface area (Å²) in [6.45, 7) is 1.88. The summed E-state index contributed by atoms with van der Waals surface area (Å²) in [5.41, 5.74) is 0. The number of aliphatic carboxylic acids is 1. The van der Waals surface area contributed by atoms with Gasteiger partial charge < -0.3 is 15.5 Å². The van der Waals surface area contributed by atoms with Crippen LogP contribution in [0.2, 0.25) is 0 Å². The Morgan fingerprint density at radius 3 is 2.35 bits per heavy atom. The number of hydrogen-bond donors (Lipinski definition) is 3. The molecule has 100 valence electrons. The van der Waals surface area contributed by atoms with E-state index in [1.54, 1.807) is 0 Å². The lowest BCUT2D eigenvalue weighted by molar-refractivity contribution is -0.137. The molecule has 0 spiro atoms. The highest BCUT2D eigenvalue weighted by molar-refractivity contribution is 7.99. The second-order valence-corrected chi connectivity index (χ2v) is 4.99. The van der Waals surface area contributed by atoms with Gasteiger partial charge in [-0.05, 0) is 26.0 Å². The molecule has 0 bridgehead atoms. The minimum Gasteiger partial charge on any atom is -0.481 e. The first kappa shape index (κ1) is 16.2. The van der Waals surface area contributed by atoms with Crippen LogP contribution in [-0.4, -0.2) is 46.2 Å². The minimum absolute atomic E-state index is 0.00188. The van der Waals surface area contributed by atoms with E-state index in [9.17, 15) is 9.59 Å². The number of carboxylic acids is 1. The third-order valence-electron chi connectivity index (χ3n) is 2.47. The van der Waals surface area contributed by atoms with E-state index in [0.717, 1.165) is 0 Å². The zero-order valence-electron chi connectivity index (χ0n) is 10.3. The van der Waals surface area contributed by atoms with E-state index in [0.29, 0.717) is 19.3 Å². The molecule has 17 heavy (non-hydrogen) atoms. The van der Waals surface area contributed by atoms with E-state index in [2.05, 4.69) is 5.32 Å². The lowest BCUT2D eigenvalue weighted by Crippen LogP contribution is -2.41. The molecule has 0 aliphatic carbocycles. The molecular formula is C11H21NO4S. The number of carbonyl (C=O) groups excluding carboxylic acids is 1. The van der Waals surface area contributed by atoms with Crippen LogP contribution in [0, 0.1) is 0 Å². The molecule has 0 aromatic heterocycles. The van der Waals surface area contributed by atoms with Crippen LogP contribution in [0.3, 0.4) is 0 Å². The van der Waals surface area contributed by atoms with Crippen molar-refractivity contribution in [3.63, 3.8) is 0 Å². The number of thioether (sulfide) groups is 1. The number of amides is 1. The van der Waals surface area contributed by atoms with Gasteiger partial charge in [0.05, 0.1) is 6.61 Å². The zero-order valence-corrected chi connectivity index (χ0v) is 11.1. The Morgan fingerprint density at radius 1 is 1.29 bits per heavy atom. The van der Waals surface area contributed by atoms with Crippen molar-refractivity contribution >= 4 is 23.6 Å². The summed E-state index contributed by atoms with van der Waals surface area (Å²) in [7, 11) is 0. The van der Waals surface area contributed by atoms with E-state index < -0.39 is 5.97 Å². The fraction of sp³-hybridized carbons (Fsp3) is 0.818. The van der Waals surface area contributed by atoms with Crippen LogP contribution in [0.1, 0.15) is 32.6 Å². The third kappa shape index (κ3) is 8.04. The molecule has 0 aromatic carbocycles. The highest BCUT2D eigenvalue weighted by atomic mass is 32.2. The van der Waals surface area contributed by atoms with Crippen molar-refractivity contribution in [1.82, 2.24) is 5.32 Å². The first-order valence-electron chi connectivity index (χ1n) is 5.66. The van der Waals surface area contributed by atoms with Gasteiger partial charge in [0, 0.05) is 24.1 Å². The molecule has 1 amide bonds. The number of hydrogen-bond acceptors (Lipinski definition) is 4. The standard InChI is InChI=1S/C11H21NO4S/c1-8(9(7-13)17-2)12-10(14)5-3-4-6-11(15)16/h8-9,13H,3-7H2,1-2H3,(H,12,14)(H,15,16). The van der Waals surface area contributed by atoms with Gasteiger partial charge in [-0.15, -0.1) is 0 Å². The number of carbonyl (C=O) groups is 2. The summed E-state index contributed by atoms with van der Waals surface area (Å²) in [5, 5.41) is 20.3. The van der Waals surface area contributed by atoms with Crippen molar-refractivity contribution in [2.24, 2.45) is 0 Å². The average molecular weight is 263 g/mol. The number of aliphatic hydroxyl groups excluding tert-OH is 1. The van der Waals surface area contributed by atoms with Crippen molar-refractivity contribution in [3.05, 3.63) is 0 Å². The van der Waals surface area contributed by atoms with Crippen LogP contribution in [0.15, 0.2) is 0 Å². The topological polar surface area (TPSA) is 86.6 Å². The van der Waals surface area contributed by atoms with Crippen LogP contribution in [0.4, 0.5) is 0 Å². The minimum atomic E-state index is -0.832.